The van der Waals surface area contributed by atoms with E-state index in [0.29, 0.717) is 6.42 Å². The number of fused-ring (bicyclic) bond motifs is 1. The Hall–Kier alpha value is -3.12. The third-order valence-corrected chi connectivity index (χ3v) is 5.99. The monoisotopic (exact) mass is 417 g/mol. The molecule has 2 heterocycles. The Bertz CT molecular complexity index is 1050. The molecule has 0 spiro atoms. The minimum Gasteiger partial charge on any atom is -0.368 e. The van der Waals surface area contributed by atoms with Crippen molar-refractivity contribution in [2.24, 2.45) is 5.73 Å². The van der Waals surface area contributed by atoms with Crippen LogP contribution in [0.15, 0.2) is 42.5 Å². The van der Waals surface area contributed by atoms with Crippen LogP contribution in [0.4, 0.5) is 5.82 Å². The van der Waals surface area contributed by atoms with Crippen LogP contribution in [0.5, 0.6) is 0 Å². The molecule has 3 aromatic rings. The Morgan fingerprint density at radius 1 is 1.19 bits per heavy atom. The zero-order valence-electron chi connectivity index (χ0n) is 18.5. The van der Waals surface area contributed by atoms with Gasteiger partial charge in [0.15, 0.2) is 0 Å². The van der Waals surface area contributed by atoms with Gasteiger partial charge in [-0.2, -0.15) is 0 Å². The van der Waals surface area contributed by atoms with Crippen LogP contribution in [0.25, 0.3) is 0 Å². The molecule has 162 valence electrons. The molecule has 0 saturated heterocycles. The molecular weight excluding hydrogens is 386 g/mol. The summed E-state index contributed by atoms with van der Waals surface area (Å²) in [5, 5.41) is 6.48. The van der Waals surface area contributed by atoms with Gasteiger partial charge in [-0.3, -0.25) is 4.79 Å². The second-order valence-electron chi connectivity index (χ2n) is 8.57. The van der Waals surface area contributed by atoms with Gasteiger partial charge >= 0.3 is 0 Å². The number of imidazole rings is 1. The van der Waals surface area contributed by atoms with Gasteiger partial charge in [-0.05, 0) is 55.9 Å². The van der Waals surface area contributed by atoms with Crippen molar-refractivity contribution in [3.8, 4) is 0 Å². The van der Waals surface area contributed by atoms with Crippen molar-refractivity contribution < 1.29 is 4.79 Å². The van der Waals surface area contributed by atoms with Crippen LogP contribution >= 0.6 is 0 Å². The van der Waals surface area contributed by atoms with Crippen molar-refractivity contribution in [1.82, 2.24) is 15.3 Å². The first-order valence-corrected chi connectivity index (χ1v) is 10.9. The first-order chi connectivity index (χ1) is 14.9. The van der Waals surface area contributed by atoms with Gasteiger partial charge in [0, 0.05) is 13.0 Å². The fourth-order valence-electron chi connectivity index (χ4n) is 4.44. The van der Waals surface area contributed by atoms with E-state index in [2.05, 4.69) is 60.7 Å². The van der Waals surface area contributed by atoms with E-state index in [1.165, 1.54) is 22.3 Å². The highest BCUT2D eigenvalue weighted by molar-refractivity contribution is 5.82. The van der Waals surface area contributed by atoms with Crippen LogP contribution < -0.4 is 16.4 Å². The van der Waals surface area contributed by atoms with Crippen LogP contribution in [0, 0.1) is 20.8 Å². The van der Waals surface area contributed by atoms with Crippen molar-refractivity contribution in [2.75, 3.05) is 11.9 Å². The average Bonchev–Trinajstić information content (AvgIpc) is 3.14. The Balaban J connectivity index is 1.45. The van der Waals surface area contributed by atoms with Gasteiger partial charge in [-0.25, -0.2) is 4.98 Å². The number of hydrogen-bond donors (Lipinski definition) is 4. The van der Waals surface area contributed by atoms with E-state index in [-0.39, 0.29) is 11.9 Å². The summed E-state index contributed by atoms with van der Waals surface area (Å²) in [6.07, 6.45) is 2.05. The Labute approximate surface area is 183 Å². The van der Waals surface area contributed by atoms with Crippen LogP contribution in [-0.2, 0) is 17.6 Å². The summed E-state index contributed by atoms with van der Waals surface area (Å²) in [6, 6.07) is 13.8. The Morgan fingerprint density at radius 3 is 2.61 bits per heavy atom. The highest BCUT2D eigenvalue weighted by Crippen LogP contribution is 2.28. The third kappa shape index (κ3) is 4.80. The molecule has 2 atom stereocenters. The minimum absolute atomic E-state index is 0.118. The summed E-state index contributed by atoms with van der Waals surface area (Å²) >= 11 is 0. The lowest BCUT2D eigenvalue weighted by molar-refractivity contribution is -0.123. The number of carbonyl (C=O) groups is 1. The predicted molar refractivity (Wildman–Crippen MR) is 124 cm³/mol. The number of amides is 1. The fraction of sp³-hybridized carbons (Fsp3) is 0.360. The summed E-state index contributed by atoms with van der Waals surface area (Å²) in [4.78, 5) is 21.0. The number of nitrogens with two attached hydrogens (primary N) is 1. The number of nitrogens with zero attached hydrogens (tertiary/aromatic N) is 1. The maximum absolute atomic E-state index is 12.9. The average molecular weight is 418 g/mol. The molecule has 0 radical (unpaired) electrons. The molecule has 0 fully saturated rings. The molecule has 1 aliphatic heterocycles. The number of rotatable bonds is 6. The number of carbonyl (C=O) groups excluding carboxylic acids is 1. The molecule has 2 aromatic carbocycles. The molecule has 1 aliphatic rings. The standard InChI is InChI=1S/C25H31N5O/c1-15-11-16(2)19(17(3)12-15)14-20(26)25(31)28-21-9-10-27-24-23(21)29-22(30-24)13-18-7-5-4-6-8-18/h4-8,11-12,20-21,27H,9-10,13-14,26H2,1-3H3,(H,28,31)(H,29,30)/t20-,21+/m0/s1. The summed E-state index contributed by atoms with van der Waals surface area (Å²) in [6.45, 7) is 7.01. The molecule has 0 aliphatic carbocycles. The van der Waals surface area contributed by atoms with Gasteiger partial charge in [0.05, 0.1) is 17.8 Å². The normalized spacial score (nSPS) is 16.3. The number of aromatic amines is 1. The van der Waals surface area contributed by atoms with Gasteiger partial charge < -0.3 is 21.4 Å². The molecular formula is C25H31N5O. The number of aryl methyl sites for hydroxylation is 3. The number of nitrogens with one attached hydrogen (secondary N) is 3. The van der Waals surface area contributed by atoms with Gasteiger partial charge in [-0.1, -0.05) is 48.0 Å². The fourth-order valence-corrected chi connectivity index (χ4v) is 4.44. The topological polar surface area (TPSA) is 95.8 Å². The van der Waals surface area contributed by atoms with E-state index >= 15 is 0 Å². The maximum Gasteiger partial charge on any atom is 0.237 e. The van der Waals surface area contributed by atoms with Crippen LogP contribution in [-0.4, -0.2) is 28.5 Å². The summed E-state index contributed by atoms with van der Waals surface area (Å²) in [7, 11) is 0. The number of hydrogen-bond acceptors (Lipinski definition) is 4. The highest BCUT2D eigenvalue weighted by Gasteiger charge is 2.27. The van der Waals surface area contributed by atoms with Gasteiger partial charge in [0.2, 0.25) is 5.91 Å². The van der Waals surface area contributed by atoms with E-state index in [9.17, 15) is 4.79 Å². The largest absolute Gasteiger partial charge is 0.368 e. The molecule has 6 heteroatoms. The van der Waals surface area contributed by atoms with E-state index in [4.69, 9.17) is 10.7 Å². The van der Waals surface area contributed by atoms with Crippen molar-refractivity contribution in [1.29, 1.82) is 0 Å². The zero-order valence-corrected chi connectivity index (χ0v) is 18.5. The molecule has 0 bridgehead atoms. The van der Waals surface area contributed by atoms with E-state index < -0.39 is 6.04 Å². The van der Waals surface area contributed by atoms with Crippen molar-refractivity contribution in [3.05, 3.63) is 81.8 Å². The first kappa shape index (κ1) is 21.1. The summed E-state index contributed by atoms with van der Waals surface area (Å²) < 4.78 is 0. The number of H-pyrrole nitrogens is 1. The van der Waals surface area contributed by atoms with E-state index in [1.807, 2.05) is 18.2 Å². The first-order valence-electron chi connectivity index (χ1n) is 10.9. The van der Waals surface area contributed by atoms with Gasteiger partial charge in [-0.15, -0.1) is 0 Å². The molecule has 1 aromatic heterocycles. The molecule has 5 N–H and O–H groups in total. The maximum atomic E-state index is 12.9. The van der Waals surface area contributed by atoms with E-state index in [1.54, 1.807) is 0 Å². The van der Waals surface area contributed by atoms with Crippen molar-refractivity contribution >= 4 is 11.7 Å². The Kier molecular flexibility index (Phi) is 6.09. The molecule has 6 nitrogen and oxygen atoms in total. The lowest BCUT2D eigenvalue weighted by atomic mass is 9.94. The predicted octanol–water partition coefficient (Wildman–Crippen LogP) is 3.47. The molecule has 4 rings (SSSR count). The van der Waals surface area contributed by atoms with Crippen molar-refractivity contribution in [2.45, 2.75) is 52.1 Å². The van der Waals surface area contributed by atoms with Crippen LogP contribution in [0.2, 0.25) is 0 Å². The molecule has 1 amide bonds. The third-order valence-electron chi connectivity index (χ3n) is 5.99. The highest BCUT2D eigenvalue weighted by atomic mass is 16.2. The molecule has 0 unspecified atom stereocenters. The lowest BCUT2D eigenvalue weighted by Gasteiger charge is -2.25. The van der Waals surface area contributed by atoms with Gasteiger partial charge in [0.25, 0.3) is 0 Å². The number of aromatic nitrogens is 2. The van der Waals surface area contributed by atoms with Crippen LogP contribution in [0.3, 0.4) is 0 Å². The molecule has 31 heavy (non-hydrogen) atoms. The van der Waals surface area contributed by atoms with Gasteiger partial charge in [0.1, 0.15) is 11.6 Å². The lowest BCUT2D eigenvalue weighted by Crippen LogP contribution is -2.44. The SMILES string of the molecule is Cc1cc(C)c(C[C@H](N)C(=O)N[C@@H]2CCNc3nc(Cc4ccccc4)[nH]c32)c(C)c1. The second-order valence-corrected chi connectivity index (χ2v) is 8.57. The smallest absolute Gasteiger partial charge is 0.237 e. The minimum atomic E-state index is -0.592. The molecule has 0 saturated carbocycles. The summed E-state index contributed by atoms with van der Waals surface area (Å²) in [5.74, 6) is 1.58. The Morgan fingerprint density at radius 2 is 1.90 bits per heavy atom. The quantitative estimate of drug-likeness (QED) is 0.494. The van der Waals surface area contributed by atoms with Crippen LogP contribution in [0.1, 0.15) is 51.8 Å². The van der Waals surface area contributed by atoms with Crippen molar-refractivity contribution in [3.63, 3.8) is 0 Å². The number of benzene rings is 2. The second kappa shape index (κ2) is 8.94. The zero-order chi connectivity index (χ0) is 22.0. The number of anilines is 1. The van der Waals surface area contributed by atoms with E-state index in [0.717, 1.165) is 42.3 Å². The summed E-state index contributed by atoms with van der Waals surface area (Å²) in [5.41, 5.74) is 13.2.